The Bertz CT molecular complexity index is 997. The van der Waals surface area contributed by atoms with Crippen LogP contribution in [0.1, 0.15) is 50.2 Å². The van der Waals surface area contributed by atoms with Gasteiger partial charge in [-0.2, -0.15) is 0 Å². The zero-order valence-electron chi connectivity index (χ0n) is 17.1. The highest BCUT2D eigenvalue weighted by Crippen LogP contribution is 2.22. The van der Waals surface area contributed by atoms with E-state index < -0.39 is 17.9 Å². The van der Waals surface area contributed by atoms with Crippen molar-refractivity contribution in [3.8, 4) is 0 Å². The van der Waals surface area contributed by atoms with Crippen LogP contribution in [0.2, 0.25) is 0 Å². The van der Waals surface area contributed by atoms with Crippen molar-refractivity contribution in [2.24, 2.45) is 0 Å². The minimum atomic E-state index is -0.899. The smallest absolute Gasteiger partial charge is 0.333 e. The molecule has 1 heterocycles. The molecule has 0 aliphatic rings. The van der Waals surface area contributed by atoms with Gasteiger partial charge in [0.1, 0.15) is 5.76 Å². The monoisotopic (exact) mass is 391 g/mol. The Morgan fingerprint density at radius 2 is 1.66 bits per heavy atom. The molecule has 0 saturated heterocycles. The molecule has 0 fully saturated rings. The van der Waals surface area contributed by atoms with Crippen molar-refractivity contribution in [2.75, 3.05) is 7.11 Å². The number of amides is 1. The fraction of sp³-hybridized carbons (Fsp3) is 0.250. The topological polar surface area (TPSA) is 68.5 Å². The molecule has 1 N–H and O–H groups in total. The third-order valence-corrected chi connectivity index (χ3v) is 4.92. The van der Waals surface area contributed by atoms with Gasteiger partial charge in [0.2, 0.25) is 0 Å². The fourth-order valence-electron chi connectivity index (χ4n) is 3.50. The lowest BCUT2D eigenvalue weighted by Gasteiger charge is -2.16. The fourth-order valence-corrected chi connectivity index (χ4v) is 3.50. The molecule has 2 aromatic carbocycles. The molecule has 0 spiro atoms. The molecule has 0 aliphatic heterocycles. The van der Waals surface area contributed by atoms with Crippen LogP contribution in [0.3, 0.4) is 0 Å². The number of benzene rings is 2. The van der Waals surface area contributed by atoms with Gasteiger partial charge in [-0.15, -0.1) is 0 Å². The largest absolute Gasteiger partial charge is 0.467 e. The maximum absolute atomic E-state index is 12.7. The number of methoxy groups -OCH3 is 1. The molecule has 5 heteroatoms. The molecule has 150 valence electrons. The van der Waals surface area contributed by atoms with Crippen molar-refractivity contribution in [3.63, 3.8) is 0 Å². The Balaban J connectivity index is 1.77. The average Bonchev–Trinajstić information content (AvgIpc) is 3.17. The molecule has 0 saturated carbocycles. The van der Waals surface area contributed by atoms with Crippen molar-refractivity contribution in [1.82, 2.24) is 5.32 Å². The van der Waals surface area contributed by atoms with Crippen molar-refractivity contribution >= 4 is 11.9 Å². The Hall–Kier alpha value is -3.34. The number of nitrogens with one attached hydrogen (secondary N) is 1. The van der Waals surface area contributed by atoms with E-state index in [0.717, 1.165) is 0 Å². The Morgan fingerprint density at radius 3 is 2.28 bits per heavy atom. The van der Waals surface area contributed by atoms with Gasteiger partial charge in [0, 0.05) is 6.42 Å². The molecule has 1 atom stereocenters. The highest BCUT2D eigenvalue weighted by Gasteiger charge is 2.25. The number of ether oxygens (including phenoxy) is 1. The highest BCUT2D eigenvalue weighted by molar-refractivity contribution is 5.94. The molecule has 29 heavy (non-hydrogen) atoms. The van der Waals surface area contributed by atoms with E-state index in [2.05, 4.69) is 38.2 Å². The first-order valence-electron chi connectivity index (χ1n) is 9.48. The van der Waals surface area contributed by atoms with E-state index in [-0.39, 0.29) is 5.76 Å². The van der Waals surface area contributed by atoms with E-state index in [0.29, 0.717) is 17.7 Å². The lowest BCUT2D eigenvalue weighted by atomic mass is 9.97. The third kappa shape index (κ3) is 4.74. The summed E-state index contributed by atoms with van der Waals surface area (Å²) in [7, 11) is 1.29. The summed E-state index contributed by atoms with van der Waals surface area (Å²) in [6.45, 7) is 6.23. The summed E-state index contributed by atoms with van der Waals surface area (Å²) in [6.07, 6.45) is 0.602. The van der Waals surface area contributed by atoms with Gasteiger partial charge < -0.3 is 14.5 Å². The van der Waals surface area contributed by atoms with Crippen molar-refractivity contribution < 1.29 is 18.7 Å². The number of esters is 1. The molecule has 0 aliphatic carbocycles. The molecular weight excluding hydrogens is 366 g/mol. The minimum absolute atomic E-state index is 0.159. The Morgan fingerprint density at radius 1 is 1.00 bits per heavy atom. The number of hydrogen-bond acceptors (Lipinski definition) is 4. The summed E-state index contributed by atoms with van der Waals surface area (Å²) in [5.41, 5.74) is 5.44. The molecule has 5 nitrogen and oxygen atoms in total. The van der Waals surface area contributed by atoms with Gasteiger partial charge in [0.05, 0.1) is 7.11 Å². The van der Waals surface area contributed by atoms with Crippen molar-refractivity contribution in [2.45, 2.75) is 33.2 Å². The van der Waals surface area contributed by atoms with E-state index in [1.165, 1.54) is 29.4 Å². The Kier molecular flexibility index (Phi) is 6.17. The molecular formula is C24H25NO4. The zero-order valence-corrected chi connectivity index (χ0v) is 17.1. The number of rotatable bonds is 6. The van der Waals surface area contributed by atoms with Crippen molar-refractivity contribution in [3.05, 3.63) is 93.9 Å². The van der Waals surface area contributed by atoms with Crippen LogP contribution in [0.15, 0.2) is 59.0 Å². The number of hydrogen-bond donors (Lipinski definition) is 1. The van der Waals surface area contributed by atoms with Crippen LogP contribution >= 0.6 is 0 Å². The van der Waals surface area contributed by atoms with Crippen LogP contribution in [0.5, 0.6) is 0 Å². The van der Waals surface area contributed by atoms with Gasteiger partial charge in [-0.05, 0) is 55.2 Å². The van der Waals surface area contributed by atoms with Crippen LogP contribution in [0.25, 0.3) is 0 Å². The normalized spacial score (nSPS) is 11.7. The van der Waals surface area contributed by atoms with E-state index in [9.17, 15) is 9.59 Å². The second kappa shape index (κ2) is 8.78. The predicted molar refractivity (Wildman–Crippen MR) is 111 cm³/mol. The number of furan rings is 1. The van der Waals surface area contributed by atoms with Crippen LogP contribution in [0, 0.1) is 20.8 Å². The van der Waals surface area contributed by atoms with Crippen LogP contribution in [0.4, 0.5) is 0 Å². The molecule has 1 aromatic heterocycles. The number of carbonyl (C=O) groups excluding carboxylic acids is 2. The maximum atomic E-state index is 12.7. The second-order valence-corrected chi connectivity index (χ2v) is 7.16. The quantitative estimate of drug-likeness (QED) is 0.631. The summed E-state index contributed by atoms with van der Waals surface area (Å²) in [5.74, 6) is -0.151. The first-order valence-corrected chi connectivity index (χ1v) is 9.48. The molecule has 1 unspecified atom stereocenters. The number of carbonyl (C=O) groups is 2. The lowest BCUT2D eigenvalue weighted by molar-refractivity contribution is -0.143. The second-order valence-electron chi connectivity index (χ2n) is 7.16. The Labute approximate surface area is 170 Å². The number of aryl methyl sites for hydroxylation is 3. The van der Waals surface area contributed by atoms with Gasteiger partial charge in [-0.25, -0.2) is 4.79 Å². The SMILES string of the molecule is COC(=O)C(NC(=O)c1ccc(Cc2c(C)cc(C)cc2C)o1)c1ccccc1. The van der Waals surface area contributed by atoms with Crippen LogP contribution in [-0.4, -0.2) is 19.0 Å². The van der Waals surface area contributed by atoms with Crippen LogP contribution in [-0.2, 0) is 16.0 Å². The average molecular weight is 391 g/mol. The van der Waals surface area contributed by atoms with Crippen LogP contribution < -0.4 is 5.32 Å². The maximum Gasteiger partial charge on any atom is 0.333 e. The first kappa shape index (κ1) is 20.4. The molecule has 0 bridgehead atoms. The lowest BCUT2D eigenvalue weighted by Crippen LogP contribution is -2.34. The van der Waals surface area contributed by atoms with Gasteiger partial charge in [-0.3, -0.25) is 4.79 Å². The van der Waals surface area contributed by atoms with Gasteiger partial charge in [0.25, 0.3) is 5.91 Å². The van der Waals surface area contributed by atoms with E-state index in [4.69, 9.17) is 9.15 Å². The predicted octanol–water partition coefficient (Wildman–Crippen LogP) is 4.44. The summed E-state index contributed by atoms with van der Waals surface area (Å²) in [6, 6.07) is 15.8. The minimum Gasteiger partial charge on any atom is -0.467 e. The summed E-state index contributed by atoms with van der Waals surface area (Å²) >= 11 is 0. The molecule has 3 aromatic rings. The summed E-state index contributed by atoms with van der Waals surface area (Å²) in [5, 5.41) is 2.70. The third-order valence-electron chi connectivity index (χ3n) is 4.92. The van der Waals surface area contributed by atoms with Gasteiger partial charge >= 0.3 is 5.97 Å². The first-order chi connectivity index (χ1) is 13.9. The van der Waals surface area contributed by atoms with Gasteiger partial charge in [-0.1, -0.05) is 48.0 Å². The summed E-state index contributed by atoms with van der Waals surface area (Å²) in [4.78, 5) is 24.8. The zero-order chi connectivity index (χ0) is 21.0. The van der Waals surface area contributed by atoms with E-state index >= 15 is 0 Å². The summed E-state index contributed by atoms with van der Waals surface area (Å²) < 4.78 is 10.6. The van der Waals surface area contributed by atoms with Crippen molar-refractivity contribution in [1.29, 1.82) is 0 Å². The highest BCUT2D eigenvalue weighted by atomic mass is 16.5. The molecule has 1 amide bonds. The standard InChI is InChI=1S/C24H25NO4/c1-15-12-16(2)20(17(3)13-15)14-19-10-11-21(29-19)23(26)25-22(24(27)28-4)18-8-6-5-7-9-18/h5-13,22H,14H2,1-4H3,(H,25,26). The van der Waals surface area contributed by atoms with E-state index in [1.54, 1.807) is 36.4 Å². The van der Waals surface area contributed by atoms with E-state index in [1.807, 2.05) is 6.07 Å². The molecule has 3 rings (SSSR count). The van der Waals surface area contributed by atoms with Gasteiger partial charge in [0.15, 0.2) is 11.8 Å². The molecule has 0 radical (unpaired) electrons.